The Kier molecular flexibility index (Phi) is 7.03. The number of hydrogen-bond acceptors (Lipinski definition) is 6. The summed E-state index contributed by atoms with van der Waals surface area (Å²) in [4.78, 5) is 39.3. The van der Waals surface area contributed by atoms with E-state index in [9.17, 15) is 19.7 Å². The van der Waals surface area contributed by atoms with Crippen LogP contribution in [0.15, 0.2) is 18.2 Å². The number of carbonyl (C=O) groups is 2. The van der Waals surface area contributed by atoms with Crippen molar-refractivity contribution in [3.05, 3.63) is 33.9 Å². The first-order valence-corrected chi connectivity index (χ1v) is 10.2. The fraction of sp³-hybridized carbons (Fsp3) is 0.600. The van der Waals surface area contributed by atoms with E-state index < -0.39 is 4.92 Å². The maximum Gasteiger partial charge on any atom is 0.270 e. The van der Waals surface area contributed by atoms with Crippen molar-refractivity contribution < 1.29 is 14.5 Å². The highest BCUT2D eigenvalue weighted by atomic mass is 16.6. The number of non-ortho nitro benzene ring substituents is 1. The van der Waals surface area contributed by atoms with Gasteiger partial charge in [-0.15, -0.1) is 0 Å². The Morgan fingerprint density at radius 1 is 1.17 bits per heavy atom. The molecule has 1 saturated heterocycles. The van der Waals surface area contributed by atoms with Crippen molar-refractivity contribution in [3.8, 4) is 0 Å². The molecule has 0 spiro atoms. The summed E-state index contributed by atoms with van der Waals surface area (Å²) < 4.78 is 0. The smallest absolute Gasteiger partial charge is 0.270 e. The van der Waals surface area contributed by atoms with Crippen LogP contribution in [-0.4, -0.2) is 72.9 Å². The standard InChI is InChI=1S/C20H29N5O4/c1-21-19(26)17-14-16(25(28)29)6-7-18(17)22-8-9-23-10-12-24(13-11-23)20(27)15-4-2-3-5-15/h6-7,14-15,22H,2-5,8-13H2,1H3,(H,21,26). The summed E-state index contributed by atoms with van der Waals surface area (Å²) in [6.07, 6.45) is 4.41. The van der Waals surface area contributed by atoms with Crippen LogP contribution in [0.25, 0.3) is 0 Å². The second-order valence-corrected chi connectivity index (χ2v) is 7.64. The second-order valence-electron chi connectivity index (χ2n) is 7.64. The summed E-state index contributed by atoms with van der Waals surface area (Å²) in [5, 5.41) is 16.7. The third-order valence-electron chi connectivity index (χ3n) is 5.82. The van der Waals surface area contributed by atoms with Crippen LogP contribution in [0.5, 0.6) is 0 Å². The molecule has 2 amide bonds. The van der Waals surface area contributed by atoms with E-state index in [4.69, 9.17) is 0 Å². The van der Waals surface area contributed by atoms with Crippen LogP contribution in [-0.2, 0) is 4.79 Å². The van der Waals surface area contributed by atoms with Crippen LogP contribution in [0.4, 0.5) is 11.4 Å². The van der Waals surface area contributed by atoms with E-state index in [-0.39, 0.29) is 23.1 Å². The Hall–Kier alpha value is -2.68. The SMILES string of the molecule is CNC(=O)c1cc([N+](=O)[O-])ccc1NCCN1CCN(C(=O)C2CCCC2)CC1. The number of hydrogen-bond donors (Lipinski definition) is 2. The molecule has 1 heterocycles. The molecule has 1 aromatic carbocycles. The zero-order valence-corrected chi connectivity index (χ0v) is 16.9. The third kappa shape index (κ3) is 5.23. The summed E-state index contributed by atoms with van der Waals surface area (Å²) in [5.74, 6) is 0.185. The molecule has 1 aliphatic carbocycles. The molecule has 0 atom stereocenters. The van der Waals surface area contributed by atoms with E-state index in [1.807, 2.05) is 4.90 Å². The molecule has 2 aliphatic rings. The minimum atomic E-state index is -0.511. The van der Waals surface area contributed by atoms with Crippen molar-refractivity contribution in [1.29, 1.82) is 0 Å². The van der Waals surface area contributed by atoms with Gasteiger partial charge in [-0.25, -0.2) is 0 Å². The highest BCUT2D eigenvalue weighted by Crippen LogP contribution is 2.27. The van der Waals surface area contributed by atoms with Gasteiger partial charge in [0.25, 0.3) is 11.6 Å². The summed E-state index contributed by atoms with van der Waals surface area (Å²) in [6, 6.07) is 4.25. The van der Waals surface area contributed by atoms with Crippen molar-refractivity contribution >= 4 is 23.2 Å². The third-order valence-corrected chi connectivity index (χ3v) is 5.82. The lowest BCUT2D eigenvalue weighted by Gasteiger charge is -2.36. The van der Waals surface area contributed by atoms with E-state index in [1.165, 1.54) is 32.0 Å². The van der Waals surface area contributed by atoms with Crippen LogP contribution in [0.2, 0.25) is 0 Å². The minimum absolute atomic E-state index is 0.114. The van der Waals surface area contributed by atoms with E-state index in [1.54, 1.807) is 6.07 Å². The van der Waals surface area contributed by atoms with Gasteiger partial charge in [-0.1, -0.05) is 12.8 Å². The minimum Gasteiger partial charge on any atom is -0.383 e. The molecular formula is C20H29N5O4. The molecule has 1 aliphatic heterocycles. The fourth-order valence-corrected chi connectivity index (χ4v) is 4.09. The lowest BCUT2D eigenvalue weighted by atomic mass is 10.1. The maximum atomic E-state index is 12.5. The molecular weight excluding hydrogens is 374 g/mol. The van der Waals surface area contributed by atoms with Crippen molar-refractivity contribution in [2.24, 2.45) is 5.92 Å². The van der Waals surface area contributed by atoms with Crippen molar-refractivity contribution in [1.82, 2.24) is 15.1 Å². The quantitative estimate of drug-likeness (QED) is 0.530. The number of nitro benzene ring substituents is 1. The number of nitro groups is 1. The zero-order chi connectivity index (χ0) is 20.8. The Labute approximate surface area is 170 Å². The Bertz CT molecular complexity index is 755. The van der Waals surface area contributed by atoms with Gasteiger partial charge in [0.1, 0.15) is 0 Å². The van der Waals surface area contributed by atoms with Crippen LogP contribution in [0, 0.1) is 16.0 Å². The van der Waals surface area contributed by atoms with E-state index in [0.29, 0.717) is 18.1 Å². The predicted octanol–water partition coefficient (Wildman–Crippen LogP) is 1.70. The van der Waals surface area contributed by atoms with Gasteiger partial charge in [0.2, 0.25) is 5.91 Å². The predicted molar refractivity (Wildman–Crippen MR) is 110 cm³/mol. The zero-order valence-electron chi connectivity index (χ0n) is 16.9. The molecule has 9 nitrogen and oxygen atoms in total. The lowest BCUT2D eigenvalue weighted by Crippen LogP contribution is -2.50. The van der Waals surface area contributed by atoms with Crippen LogP contribution < -0.4 is 10.6 Å². The van der Waals surface area contributed by atoms with Gasteiger partial charge >= 0.3 is 0 Å². The van der Waals surface area contributed by atoms with E-state index in [0.717, 1.165) is 45.6 Å². The van der Waals surface area contributed by atoms with Gasteiger partial charge in [-0.3, -0.25) is 24.6 Å². The lowest BCUT2D eigenvalue weighted by molar-refractivity contribution is -0.384. The first kappa shape index (κ1) is 21.0. The maximum absolute atomic E-state index is 12.5. The van der Waals surface area contributed by atoms with Crippen LogP contribution in [0.3, 0.4) is 0 Å². The molecule has 1 saturated carbocycles. The van der Waals surface area contributed by atoms with Gasteiger partial charge in [-0.2, -0.15) is 0 Å². The number of nitrogens with one attached hydrogen (secondary N) is 2. The van der Waals surface area contributed by atoms with Gasteiger partial charge in [0.05, 0.1) is 10.5 Å². The largest absolute Gasteiger partial charge is 0.383 e. The number of carbonyl (C=O) groups excluding carboxylic acids is 2. The Morgan fingerprint density at radius 3 is 2.48 bits per heavy atom. The van der Waals surface area contributed by atoms with Gasteiger partial charge in [0.15, 0.2) is 0 Å². The summed E-state index contributed by atoms with van der Waals surface area (Å²) >= 11 is 0. The number of anilines is 1. The van der Waals surface area contributed by atoms with Crippen LogP contribution >= 0.6 is 0 Å². The first-order valence-electron chi connectivity index (χ1n) is 10.2. The number of amides is 2. The van der Waals surface area contributed by atoms with Gasteiger partial charge in [-0.05, 0) is 18.9 Å². The van der Waals surface area contributed by atoms with Crippen molar-refractivity contribution in [3.63, 3.8) is 0 Å². The molecule has 0 unspecified atom stereocenters. The van der Waals surface area contributed by atoms with Crippen molar-refractivity contribution in [2.45, 2.75) is 25.7 Å². The van der Waals surface area contributed by atoms with Gasteiger partial charge in [0, 0.05) is 70.1 Å². The number of nitrogens with zero attached hydrogens (tertiary/aromatic N) is 3. The first-order chi connectivity index (χ1) is 14.0. The number of rotatable bonds is 7. The van der Waals surface area contributed by atoms with Crippen molar-refractivity contribution in [2.75, 3.05) is 51.6 Å². The van der Waals surface area contributed by atoms with Gasteiger partial charge < -0.3 is 15.5 Å². The molecule has 2 N–H and O–H groups in total. The normalized spacial score (nSPS) is 17.9. The monoisotopic (exact) mass is 403 g/mol. The molecule has 158 valence electrons. The van der Waals surface area contributed by atoms with Crippen LogP contribution in [0.1, 0.15) is 36.0 Å². The average Bonchev–Trinajstić information content (AvgIpc) is 3.28. The molecule has 2 fully saturated rings. The molecule has 9 heteroatoms. The topological polar surface area (TPSA) is 108 Å². The summed E-state index contributed by atoms with van der Waals surface area (Å²) in [7, 11) is 1.50. The van der Waals surface area contributed by atoms with E-state index in [2.05, 4.69) is 15.5 Å². The number of benzene rings is 1. The molecule has 3 rings (SSSR count). The summed E-state index contributed by atoms with van der Waals surface area (Å²) in [5.41, 5.74) is 0.718. The Balaban J connectivity index is 1.48. The average molecular weight is 403 g/mol. The molecule has 0 aromatic heterocycles. The Morgan fingerprint density at radius 2 is 1.86 bits per heavy atom. The highest BCUT2D eigenvalue weighted by molar-refractivity contribution is 6.00. The highest BCUT2D eigenvalue weighted by Gasteiger charge is 2.29. The molecule has 1 aromatic rings. The second kappa shape index (κ2) is 9.69. The molecule has 0 radical (unpaired) electrons. The molecule has 0 bridgehead atoms. The summed E-state index contributed by atoms with van der Waals surface area (Å²) in [6.45, 7) is 4.58. The number of piperazine rings is 1. The fourth-order valence-electron chi connectivity index (χ4n) is 4.09. The molecule has 29 heavy (non-hydrogen) atoms. The van der Waals surface area contributed by atoms with E-state index >= 15 is 0 Å².